The molecule has 0 aromatic heterocycles. The van der Waals surface area contributed by atoms with Gasteiger partial charge in [0.05, 0.1) is 0 Å². The second-order valence-corrected chi connectivity index (χ2v) is 6.69. The van der Waals surface area contributed by atoms with Crippen molar-refractivity contribution < 1.29 is 0 Å². The standard InChI is InChI=1S/C13H28N2S/c1-11-6-5-7-13(14,8-11)10-15(3)12(2)9-16-4/h11-12H,5-10,14H2,1-4H3. The van der Waals surface area contributed by atoms with Gasteiger partial charge in [-0.05, 0) is 39.0 Å². The summed E-state index contributed by atoms with van der Waals surface area (Å²) in [5.74, 6) is 2.00. The molecule has 3 heteroatoms. The molecule has 16 heavy (non-hydrogen) atoms. The van der Waals surface area contributed by atoms with Crippen molar-refractivity contribution in [3.05, 3.63) is 0 Å². The van der Waals surface area contributed by atoms with Gasteiger partial charge in [0.15, 0.2) is 0 Å². The zero-order valence-corrected chi connectivity index (χ0v) is 12.1. The number of likely N-dealkylation sites (N-methyl/N-ethyl adjacent to an activating group) is 1. The lowest BCUT2D eigenvalue weighted by Crippen LogP contribution is -2.53. The maximum absolute atomic E-state index is 6.54. The van der Waals surface area contributed by atoms with Crippen LogP contribution in [0.3, 0.4) is 0 Å². The van der Waals surface area contributed by atoms with Crippen LogP contribution in [-0.4, -0.2) is 42.1 Å². The first-order chi connectivity index (χ1) is 7.47. The highest BCUT2D eigenvalue weighted by atomic mass is 32.2. The summed E-state index contributed by atoms with van der Waals surface area (Å²) in [5.41, 5.74) is 6.60. The quantitative estimate of drug-likeness (QED) is 0.806. The van der Waals surface area contributed by atoms with Gasteiger partial charge in [-0.2, -0.15) is 11.8 Å². The third-order valence-corrected chi connectivity index (χ3v) is 4.67. The van der Waals surface area contributed by atoms with E-state index in [0.717, 1.165) is 12.5 Å². The summed E-state index contributed by atoms with van der Waals surface area (Å²) in [6.07, 6.45) is 7.24. The van der Waals surface area contributed by atoms with Crippen molar-refractivity contribution in [1.82, 2.24) is 4.90 Å². The predicted octanol–water partition coefficient (Wildman–Crippen LogP) is 2.58. The number of thioether (sulfide) groups is 1. The van der Waals surface area contributed by atoms with Gasteiger partial charge in [-0.15, -0.1) is 0 Å². The van der Waals surface area contributed by atoms with Crippen LogP contribution in [0.25, 0.3) is 0 Å². The Morgan fingerprint density at radius 1 is 1.56 bits per heavy atom. The van der Waals surface area contributed by atoms with Crippen LogP contribution in [-0.2, 0) is 0 Å². The molecule has 0 bridgehead atoms. The zero-order valence-electron chi connectivity index (χ0n) is 11.3. The van der Waals surface area contributed by atoms with Gasteiger partial charge >= 0.3 is 0 Å². The van der Waals surface area contributed by atoms with Gasteiger partial charge in [0.2, 0.25) is 0 Å². The Morgan fingerprint density at radius 2 is 2.25 bits per heavy atom. The van der Waals surface area contributed by atoms with Crippen LogP contribution in [0.15, 0.2) is 0 Å². The van der Waals surface area contributed by atoms with Crippen LogP contribution in [0.5, 0.6) is 0 Å². The molecule has 0 aromatic rings. The van der Waals surface area contributed by atoms with Crippen LogP contribution in [0, 0.1) is 5.92 Å². The van der Waals surface area contributed by atoms with Crippen molar-refractivity contribution in [3.63, 3.8) is 0 Å². The van der Waals surface area contributed by atoms with E-state index in [-0.39, 0.29) is 5.54 Å². The number of rotatable bonds is 5. The van der Waals surface area contributed by atoms with E-state index in [9.17, 15) is 0 Å². The lowest BCUT2D eigenvalue weighted by Gasteiger charge is -2.41. The van der Waals surface area contributed by atoms with E-state index >= 15 is 0 Å². The second-order valence-electron chi connectivity index (χ2n) is 5.78. The highest BCUT2D eigenvalue weighted by Crippen LogP contribution is 2.31. The second kappa shape index (κ2) is 6.27. The molecule has 0 spiro atoms. The molecule has 3 unspecified atom stereocenters. The molecule has 0 aliphatic heterocycles. The van der Waals surface area contributed by atoms with Crippen LogP contribution in [0.2, 0.25) is 0 Å². The lowest BCUT2D eigenvalue weighted by atomic mass is 9.77. The normalized spacial score (nSPS) is 33.0. The van der Waals surface area contributed by atoms with Crippen molar-refractivity contribution in [2.75, 3.05) is 25.6 Å². The van der Waals surface area contributed by atoms with Gasteiger partial charge in [0, 0.05) is 23.9 Å². The van der Waals surface area contributed by atoms with Crippen molar-refractivity contribution in [2.45, 2.75) is 51.1 Å². The third kappa shape index (κ3) is 4.27. The van der Waals surface area contributed by atoms with E-state index in [2.05, 4.69) is 32.1 Å². The number of hydrogen-bond acceptors (Lipinski definition) is 3. The Labute approximate surface area is 105 Å². The molecule has 1 saturated carbocycles. The van der Waals surface area contributed by atoms with Crippen LogP contribution in [0.4, 0.5) is 0 Å². The summed E-state index contributed by atoms with van der Waals surface area (Å²) in [5, 5.41) is 0. The molecule has 1 fully saturated rings. The average Bonchev–Trinajstić information content (AvgIpc) is 2.16. The summed E-state index contributed by atoms with van der Waals surface area (Å²) >= 11 is 1.92. The van der Waals surface area contributed by atoms with Gasteiger partial charge in [-0.25, -0.2) is 0 Å². The van der Waals surface area contributed by atoms with E-state index in [1.54, 1.807) is 0 Å². The van der Waals surface area contributed by atoms with Crippen molar-refractivity contribution >= 4 is 11.8 Å². The first-order valence-corrected chi connectivity index (χ1v) is 7.84. The van der Waals surface area contributed by atoms with E-state index in [4.69, 9.17) is 5.73 Å². The zero-order chi connectivity index (χ0) is 12.2. The number of nitrogens with two attached hydrogens (primary N) is 1. The fourth-order valence-corrected chi connectivity index (χ4v) is 3.60. The lowest BCUT2D eigenvalue weighted by molar-refractivity contribution is 0.151. The SMILES string of the molecule is CSCC(C)N(C)CC1(N)CCCC(C)C1. The Balaban J connectivity index is 2.44. The predicted molar refractivity (Wildman–Crippen MR) is 75.0 cm³/mol. The molecular weight excluding hydrogens is 216 g/mol. The van der Waals surface area contributed by atoms with Gasteiger partial charge in [0.25, 0.3) is 0 Å². The molecule has 1 rings (SSSR count). The number of nitrogens with zero attached hydrogens (tertiary/aromatic N) is 1. The highest BCUT2D eigenvalue weighted by Gasteiger charge is 2.32. The molecule has 1 aliphatic rings. The largest absolute Gasteiger partial charge is 0.324 e. The summed E-state index contributed by atoms with van der Waals surface area (Å²) in [6, 6.07) is 0.632. The molecule has 0 saturated heterocycles. The Morgan fingerprint density at radius 3 is 2.81 bits per heavy atom. The van der Waals surface area contributed by atoms with Crippen LogP contribution in [0.1, 0.15) is 39.5 Å². The Kier molecular flexibility index (Phi) is 5.62. The maximum Gasteiger partial charge on any atom is 0.0285 e. The van der Waals surface area contributed by atoms with E-state index in [0.29, 0.717) is 6.04 Å². The van der Waals surface area contributed by atoms with Gasteiger partial charge in [0.1, 0.15) is 0 Å². The fourth-order valence-electron chi connectivity index (χ4n) is 2.87. The maximum atomic E-state index is 6.54. The molecule has 2 N–H and O–H groups in total. The topological polar surface area (TPSA) is 29.3 Å². The smallest absolute Gasteiger partial charge is 0.0285 e. The Bertz CT molecular complexity index is 210. The summed E-state index contributed by atoms with van der Waals surface area (Å²) in [4.78, 5) is 2.44. The molecule has 0 heterocycles. The van der Waals surface area contributed by atoms with Gasteiger partial charge in [-0.3, -0.25) is 0 Å². The van der Waals surface area contributed by atoms with Crippen LogP contribution >= 0.6 is 11.8 Å². The van der Waals surface area contributed by atoms with E-state index in [1.165, 1.54) is 31.4 Å². The number of hydrogen-bond donors (Lipinski definition) is 1. The van der Waals surface area contributed by atoms with Crippen molar-refractivity contribution in [1.29, 1.82) is 0 Å². The molecule has 96 valence electrons. The van der Waals surface area contributed by atoms with Crippen molar-refractivity contribution in [2.24, 2.45) is 11.7 Å². The molecule has 3 atom stereocenters. The minimum Gasteiger partial charge on any atom is -0.324 e. The first-order valence-electron chi connectivity index (χ1n) is 6.45. The van der Waals surface area contributed by atoms with E-state index in [1.807, 2.05) is 11.8 Å². The van der Waals surface area contributed by atoms with E-state index < -0.39 is 0 Å². The molecular formula is C13H28N2S. The van der Waals surface area contributed by atoms with Crippen molar-refractivity contribution in [3.8, 4) is 0 Å². The minimum absolute atomic E-state index is 0.0685. The van der Waals surface area contributed by atoms with Gasteiger partial charge < -0.3 is 10.6 Å². The summed E-state index contributed by atoms with van der Waals surface area (Å²) in [7, 11) is 2.22. The monoisotopic (exact) mass is 244 g/mol. The summed E-state index contributed by atoms with van der Waals surface area (Å²) < 4.78 is 0. The molecule has 2 nitrogen and oxygen atoms in total. The minimum atomic E-state index is 0.0685. The summed E-state index contributed by atoms with van der Waals surface area (Å²) in [6.45, 7) is 5.69. The molecule has 0 radical (unpaired) electrons. The fraction of sp³-hybridized carbons (Fsp3) is 1.00. The van der Waals surface area contributed by atoms with Crippen LogP contribution < -0.4 is 5.73 Å². The average molecular weight is 244 g/mol. The molecule has 0 aromatic carbocycles. The first kappa shape index (κ1) is 14.3. The molecule has 0 amide bonds. The third-order valence-electron chi connectivity index (χ3n) is 3.85. The molecule has 1 aliphatic carbocycles. The Hall–Kier alpha value is 0.270. The highest BCUT2D eigenvalue weighted by molar-refractivity contribution is 7.98. The van der Waals surface area contributed by atoms with Gasteiger partial charge in [-0.1, -0.05) is 19.8 Å².